The fraction of sp³-hybridized carbons (Fsp3) is 0. The Balaban J connectivity index is 1.06. The quantitative estimate of drug-likeness (QED) is 0.165. The molecule has 9 aromatic carbocycles. The van der Waals surface area contributed by atoms with Gasteiger partial charge in [0.1, 0.15) is 11.2 Å². The zero-order valence-electron chi connectivity index (χ0n) is 34.2. The summed E-state index contributed by atoms with van der Waals surface area (Å²) in [5.74, 6) is 0. The van der Waals surface area contributed by atoms with Gasteiger partial charge in [-0.05, 0) is 86.6 Å². The van der Waals surface area contributed by atoms with Crippen molar-refractivity contribution in [2.75, 3.05) is 4.90 Å². The SMILES string of the molecule is [2H]c1c([2H])c([2H])c(-c2ccccc2N(c2ccc(-c3ccc(-c4ccc5ccccc5c4)cc3)cc2)c2ccc(-c3cccc4c3oc3ccccc34)cc2)c([2H])c1[2H]. The zero-order chi connectivity index (χ0) is 40.2. The lowest BCUT2D eigenvalue weighted by Gasteiger charge is -2.28. The van der Waals surface area contributed by atoms with E-state index in [-0.39, 0.29) is 29.7 Å². The molecule has 2 nitrogen and oxygen atoms in total. The molecule has 0 aliphatic rings. The number of para-hydroxylation sites is 3. The van der Waals surface area contributed by atoms with Crippen LogP contribution in [0.4, 0.5) is 17.1 Å². The van der Waals surface area contributed by atoms with Gasteiger partial charge in [0.2, 0.25) is 0 Å². The molecule has 0 atom stereocenters. The fourth-order valence-corrected chi connectivity index (χ4v) is 7.48. The summed E-state index contributed by atoms with van der Waals surface area (Å²) >= 11 is 0. The summed E-state index contributed by atoms with van der Waals surface area (Å²) in [7, 11) is 0. The molecule has 54 heavy (non-hydrogen) atoms. The van der Waals surface area contributed by atoms with Gasteiger partial charge in [-0.15, -0.1) is 0 Å². The third kappa shape index (κ3) is 5.71. The number of hydrogen-bond donors (Lipinski definition) is 0. The zero-order valence-corrected chi connectivity index (χ0v) is 29.2. The molecule has 0 bridgehead atoms. The van der Waals surface area contributed by atoms with Crippen LogP contribution in [0.1, 0.15) is 6.85 Å². The van der Waals surface area contributed by atoms with Gasteiger partial charge in [-0.1, -0.05) is 170 Å². The predicted octanol–water partition coefficient (Wildman–Crippen LogP) is 14.9. The van der Waals surface area contributed by atoms with Crippen LogP contribution in [0.3, 0.4) is 0 Å². The molecular weight excluding hydrogens is 655 g/mol. The third-order valence-corrected chi connectivity index (χ3v) is 10.2. The van der Waals surface area contributed by atoms with Crippen LogP contribution in [-0.2, 0) is 0 Å². The summed E-state index contributed by atoms with van der Waals surface area (Å²) in [6.07, 6.45) is 0. The number of anilines is 3. The molecule has 0 saturated carbocycles. The van der Waals surface area contributed by atoms with Crippen molar-refractivity contribution in [1.82, 2.24) is 0 Å². The Kier molecular flexibility index (Phi) is 6.61. The molecule has 0 spiro atoms. The number of furan rings is 1. The molecule has 10 aromatic rings. The molecule has 0 N–H and O–H groups in total. The number of benzene rings is 9. The van der Waals surface area contributed by atoms with E-state index in [4.69, 9.17) is 11.3 Å². The molecule has 2 heteroatoms. The van der Waals surface area contributed by atoms with E-state index in [1.165, 1.54) is 16.3 Å². The Morgan fingerprint density at radius 1 is 0.389 bits per heavy atom. The van der Waals surface area contributed by atoms with E-state index in [1.807, 2.05) is 42.5 Å². The molecule has 0 radical (unpaired) electrons. The van der Waals surface area contributed by atoms with Crippen molar-refractivity contribution >= 4 is 49.8 Å². The van der Waals surface area contributed by atoms with Gasteiger partial charge in [0.05, 0.1) is 12.5 Å². The average molecular weight is 695 g/mol. The standard InChI is InChI=1S/C52H35NO/c1-2-12-40(13-3-1)46-15-6-8-19-50(46)53(45-33-29-41(30-34-45)47-17-10-18-49-48-16-7-9-20-51(48)54-52(47)49)44-31-27-38(28-32-44)37-21-23-39(24-22-37)43-26-25-36-11-4-5-14-42(36)35-43/h1-35H/i1D,2D,3D,12D,13D. The molecule has 1 heterocycles. The molecule has 0 unspecified atom stereocenters. The Hall–Kier alpha value is -7.16. The van der Waals surface area contributed by atoms with Crippen LogP contribution < -0.4 is 4.90 Å². The van der Waals surface area contributed by atoms with E-state index in [9.17, 15) is 0 Å². The molecule has 0 amide bonds. The van der Waals surface area contributed by atoms with Gasteiger partial charge >= 0.3 is 0 Å². The minimum absolute atomic E-state index is 0.146. The van der Waals surface area contributed by atoms with Crippen molar-refractivity contribution in [3.63, 3.8) is 0 Å². The number of hydrogen-bond acceptors (Lipinski definition) is 2. The highest BCUT2D eigenvalue weighted by atomic mass is 16.3. The fourth-order valence-electron chi connectivity index (χ4n) is 7.48. The first-order valence-corrected chi connectivity index (χ1v) is 18.0. The van der Waals surface area contributed by atoms with Crippen LogP contribution in [0.15, 0.2) is 217 Å². The monoisotopic (exact) mass is 694 g/mol. The van der Waals surface area contributed by atoms with E-state index in [1.54, 1.807) is 0 Å². The predicted molar refractivity (Wildman–Crippen MR) is 228 cm³/mol. The van der Waals surface area contributed by atoms with Crippen LogP contribution >= 0.6 is 0 Å². The van der Waals surface area contributed by atoms with Crippen molar-refractivity contribution in [3.8, 4) is 44.5 Å². The van der Waals surface area contributed by atoms with Gasteiger partial charge in [0.15, 0.2) is 0 Å². The van der Waals surface area contributed by atoms with Gasteiger partial charge in [0, 0.05) is 33.3 Å². The van der Waals surface area contributed by atoms with Crippen molar-refractivity contribution in [3.05, 3.63) is 212 Å². The van der Waals surface area contributed by atoms with E-state index < -0.39 is 6.04 Å². The van der Waals surface area contributed by atoms with Crippen molar-refractivity contribution in [2.45, 2.75) is 0 Å². The third-order valence-electron chi connectivity index (χ3n) is 10.2. The maximum Gasteiger partial charge on any atom is 0.143 e. The molecule has 0 aliphatic carbocycles. The highest BCUT2D eigenvalue weighted by Gasteiger charge is 2.18. The van der Waals surface area contributed by atoms with Gasteiger partial charge in [-0.2, -0.15) is 0 Å². The van der Waals surface area contributed by atoms with Crippen molar-refractivity contribution in [2.24, 2.45) is 0 Å². The second-order valence-electron chi connectivity index (χ2n) is 13.4. The van der Waals surface area contributed by atoms with E-state index in [0.29, 0.717) is 11.3 Å². The second-order valence-corrected chi connectivity index (χ2v) is 13.4. The first-order chi connectivity index (χ1) is 28.8. The Morgan fingerprint density at radius 3 is 1.70 bits per heavy atom. The van der Waals surface area contributed by atoms with Crippen molar-refractivity contribution < 1.29 is 11.3 Å². The molecule has 10 rings (SSSR count). The maximum absolute atomic E-state index is 8.88. The van der Waals surface area contributed by atoms with Gasteiger partial charge in [0.25, 0.3) is 0 Å². The van der Waals surface area contributed by atoms with Gasteiger partial charge in [-0.3, -0.25) is 0 Å². The average Bonchev–Trinajstić information content (AvgIpc) is 3.68. The molecular formula is C52H35NO. The van der Waals surface area contributed by atoms with Crippen LogP contribution in [-0.4, -0.2) is 0 Å². The largest absolute Gasteiger partial charge is 0.455 e. The topological polar surface area (TPSA) is 16.4 Å². The normalized spacial score (nSPS) is 12.6. The van der Waals surface area contributed by atoms with Crippen molar-refractivity contribution in [1.29, 1.82) is 0 Å². The summed E-state index contributed by atoms with van der Waals surface area (Å²) in [5.41, 5.74) is 11.1. The van der Waals surface area contributed by atoms with Crippen LogP contribution in [0.5, 0.6) is 0 Å². The molecule has 254 valence electrons. The number of nitrogens with zero attached hydrogens (tertiary/aromatic N) is 1. The highest BCUT2D eigenvalue weighted by molar-refractivity contribution is 6.09. The lowest BCUT2D eigenvalue weighted by Crippen LogP contribution is -2.11. The Bertz CT molecular complexity index is 3180. The lowest BCUT2D eigenvalue weighted by molar-refractivity contribution is 0.670. The number of fused-ring (bicyclic) bond motifs is 4. The molecule has 0 aliphatic heterocycles. The highest BCUT2D eigenvalue weighted by Crippen LogP contribution is 2.43. The van der Waals surface area contributed by atoms with E-state index in [0.717, 1.165) is 61.1 Å². The maximum atomic E-state index is 8.88. The summed E-state index contributed by atoms with van der Waals surface area (Å²) in [5, 5.41) is 4.55. The molecule has 0 saturated heterocycles. The van der Waals surface area contributed by atoms with Gasteiger partial charge in [-0.25, -0.2) is 0 Å². The Labute approximate surface area is 321 Å². The van der Waals surface area contributed by atoms with Crippen LogP contribution in [0.25, 0.3) is 77.2 Å². The first kappa shape index (κ1) is 26.6. The molecule has 1 aromatic heterocycles. The van der Waals surface area contributed by atoms with E-state index >= 15 is 0 Å². The first-order valence-electron chi connectivity index (χ1n) is 20.5. The lowest BCUT2D eigenvalue weighted by atomic mass is 9.98. The second kappa shape index (κ2) is 13.4. The summed E-state index contributed by atoms with van der Waals surface area (Å²) in [4.78, 5) is 2.08. The Morgan fingerprint density at radius 2 is 0.944 bits per heavy atom. The van der Waals surface area contributed by atoms with Crippen LogP contribution in [0.2, 0.25) is 0 Å². The smallest absolute Gasteiger partial charge is 0.143 e. The van der Waals surface area contributed by atoms with Crippen LogP contribution in [0, 0.1) is 0 Å². The summed E-state index contributed by atoms with van der Waals surface area (Å²) in [6, 6.07) is 60.2. The van der Waals surface area contributed by atoms with Gasteiger partial charge < -0.3 is 9.32 Å². The van der Waals surface area contributed by atoms with E-state index in [2.05, 4.69) is 144 Å². The summed E-state index contributed by atoms with van der Waals surface area (Å²) < 4.78 is 49.3. The minimum atomic E-state index is -0.422. The number of rotatable bonds is 7. The molecule has 0 fully saturated rings. The summed E-state index contributed by atoms with van der Waals surface area (Å²) in [6.45, 7) is 0. The minimum Gasteiger partial charge on any atom is -0.455 e.